The van der Waals surface area contributed by atoms with Gasteiger partial charge in [0.1, 0.15) is 11.9 Å². The fourth-order valence-electron chi connectivity index (χ4n) is 2.28. The summed E-state index contributed by atoms with van der Waals surface area (Å²) >= 11 is 6.56. The molecule has 0 fully saturated rings. The number of anilines is 1. The van der Waals surface area contributed by atoms with E-state index in [4.69, 9.17) is 9.84 Å². The summed E-state index contributed by atoms with van der Waals surface area (Å²) in [6, 6.07) is 10.4. The molecule has 0 heterocycles. The number of phenolic OH excluding ortho intramolecular Hbond substituents is 1. The number of carbonyl (C=O) groups is 2. The summed E-state index contributed by atoms with van der Waals surface area (Å²) in [6.07, 6.45) is 0.783. The minimum Gasteiger partial charge on any atom is -0.506 e. The maximum atomic E-state index is 12.3. The average Bonchev–Trinajstić information content (AvgIpc) is 2.59. The van der Waals surface area contributed by atoms with Gasteiger partial charge in [-0.15, -0.1) is 0 Å². The number of aryl methyl sites for hydroxylation is 1. The highest BCUT2D eigenvalue weighted by molar-refractivity contribution is 9.11. The molecule has 0 radical (unpaired) electrons. The molecule has 0 aromatic heterocycles. The van der Waals surface area contributed by atoms with Gasteiger partial charge >= 0.3 is 12.1 Å². The molecule has 6 nitrogen and oxygen atoms in total. The number of hydrogen-bond donors (Lipinski definition) is 3. The Morgan fingerprint density at radius 2 is 1.89 bits per heavy atom. The van der Waals surface area contributed by atoms with Crippen molar-refractivity contribution in [1.29, 1.82) is 0 Å². The van der Waals surface area contributed by atoms with E-state index in [1.807, 2.05) is 19.1 Å². The molecule has 2 aromatic carbocycles. The van der Waals surface area contributed by atoms with Crippen LogP contribution in [-0.2, 0) is 9.53 Å². The number of carboxylic acid groups (broad SMARTS) is 1. The lowest BCUT2D eigenvalue weighted by Crippen LogP contribution is -2.17. The predicted molar refractivity (Wildman–Crippen MR) is 109 cm³/mol. The highest BCUT2D eigenvalue weighted by Gasteiger charge is 2.21. The molecular formula is C19H17Br2NO5. The minimum atomic E-state index is -1.11. The standard InChI is InChI=1S/C19H17Br2NO5/c1-11-5-7-13(8-6-11)22-19(26)27-16(3-2-4-17(23)24)14-9-12(20)10-15(21)18(14)25/h2,4-10,16,25H,3H2,1H3,(H,22,26)(H,23,24)/b4-2+/t16-/m0/s1. The number of hydrogen-bond acceptors (Lipinski definition) is 4. The van der Waals surface area contributed by atoms with Crippen LogP contribution in [0.4, 0.5) is 10.5 Å². The van der Waals surface area contributed by atoms with Crippen molar-refractivity contribution >= 4 is 49.6 Å². The molecule has 2 aromatic rings. The second kappa shape index (κ2) is 9.57. The molecule has 0 unspecified atom stereocenters. The first-order valence-electron chi connectivity index (χ1n) is 7.88. The number of halogens is 2. The molecule has 2 rings (SSSR count). The van der Waals surface area contributed by atoms with E-state index in [0.29, 0.717) is 20.2 Å². The summed E-state index contributed by atoms with van der Waals surface area (Å²) in [7, 11) is 0. The first-order chi connectivity index (χ1) is 12.8. The van der Waals surface area contributed by atoms with Crippen LogP contribution in [0.2, 0.25) is 0 Å². The number of ether oxygens (including phenoxy) is 1. The van der Waals surface area contributed by atoms with Crippen LogP contribution in [0.1, 0.15) is 23.7 Å². The molecule has 0 aliphatic rings. The van der Waals surface area contributed by atoms with Gasteiger partial charge in [-0.2, -0.15) is 0 Å². The van der Waals surface area contributed by atoms with Gasteiger partial charge in [0.25, 0.3) is 0 Å². The van der Waals surface area contributed by atoms with Crippen LogP contribution in [0.15, 0.2) is 57.5 Å². The van der Waals surface area contributed by atoms with E-state index in [-0.39, 0.29) is 12.2 Å². The third-order valence-corrected chi connectivity index (χ3v) is 4.62. The number of carbonyl (C=O) groups excluding carboxylic acids is 1. The largest absolute Gasteiger partial charge is 0.506 e. The molecule has 3 N–H and O–H groups in total. The van der Waals surface area contributed by atoms with Crippen molar-refractivity contribution < 1.29 is 24.5 Å². The number of aromatic hydroxyl groups is 1. The SMILES string of the molecule is Cc1ccc(NC(=O)O[C@@H](C/C=C/C(=O)O)c2cc(Br)cc(Br)c2O)cc1. The molecule has 27 heavy (non-hydrogen) atoms. The number of rotatable bonds is 6. The molecule has 0 bridgehead atoms. The molecule has 1 atom stereocenters. The van der Waals surface area contributed by atoms with Gasteiger partial charge in [0.15, 0.2) is 0 Å². The van der Waals surface area contributed by atoms with Crippen LogP contribution in [0, 0.1) is 6.92 Å². The van der Waals surface area contributed by atoms with Gasteiger partial charge in [-0.1, -0.05) is 39.7 Å². The zero-order valence-corrected chi connectivity index (χ0v) is 17.5. The average molecular weight is 499 g/mol. The molecule has 142 valence electrons. The Balaban J connectivity index is 2.23. The number of aliphatic carboxylic acids is 1. The summed E-state index contributed by atoms with van der Waals surface area (Å²) in [6.45, 7) is 1.93. The molecule has 0 aliphatic heterocycles. The Morgan fingerprint density at radius 1 is 1.22 bits per heavy atom. The lowest BCUT2D eigenvalue weighted by atomic mass is 10.0. The molecule has 0 saturated heterocycles. The Labute approximate surface area is 173 Å². The Hall–Kier alpha value is -2.32. The maximum absolute atomic E-state index is 12.3. The van der Waals surface area contributed by atoms with Gasteiger partial charge in [-0.05, 0) is 47.1 Å². The lowest BCUT2D eigenvalue weighted by Gasteiger charge is -2.19. The maximum Gasteiger partial charge on any atom is 0.412 e. The number of nitrogens with one attached hydrogen (secondary N) is 1. The Kier molecular flexibility index (Phi) is 7.44. The van der Waals surface area contributed by atoms with Crippen molar-refractivity contribution in [3.05, 3.63) is 68.6 Å². The fraction of sp³-hybridized carbons (Fsp3) is 0.158. The topological polar surface area (TPSA) is 95.9 Å². The van der Waals surface area contributed by atoms with E-state index in [2.05, 4.69) is 37.2 Å². The van der Waals surface area contributed by atoms with Crippen molar-refractivity contribution in [2.45, 2.75) is 19.4 Å². The number of phenols is 1. The fourth-order valence-corrected chi connectivity index (χ4v) is 3.53. The van der Waals surface area contributed by atoms with Gasteiger partial charge in [0.2, 0.25) is 0 Å². The van der Waals surface area contributed by atoms with E-state index in [1.165, 1.54) is 6.08 Å². The lowest BCUT2D eigenvalue weighted by molar-refractivity contribution is -0.131. The number of carboxylic acids is 1. The molecule has 0 saturated carbocycles. The van der Waals surface area contributed by atoms with Gasteiger partial charge in [-0.25, -0.2) is 9.59 Å². The Morgan fingerprint density at radius 3 is 2.52 bits per heavy atom. The highest BCUT2D eigenvalue weighted by atomic mass is 79.9. The third-order valence-electron chi connectivity index (χ3n) is 3.56. The summed E-state index contributed by atoms with van der Waals surface area (Å²) in [5, 5.41) is 21.7. The zero-order chi connectivity index (χ0) is 20.0. The van der Waals surface area contributed by atoms with Crippen LogP contribution in [0.25, 0.3) is 0 Å². The van der Waals surface area contributed by atoms with Gasteiger partial charge in [0, 0.05) is 28.2 Å². The van der Waals surface area contributed by atoms with Gasteiger partial charge in [0.05, 0.1) is 4.47 Å². The normalized spacial score (nSPS) is 12.0. The van der Waals surface area contributed by atoms with E-state index in [9.17, 15) is 14.7 Å². The molecule has 0 aliphatic carbocycles. The van der Waals surface area contributed by atoms with Crippen LogP contribution in [0.5, 0.6) is 5.75 Å². The van der Waals surface area contributed by atoms with Crippen LogP contribution in [-0.4, -0.2) is 22.3 Å². The van der Waals surface area contributed by atoms with Crippen molar-refractivity contribution in [2.75, 3.05) is 5.32 Å². The third kappa shape index (κ3) is 6.41. The van der Waals surface area contributed by atoms with E-state index in [1.54, 1.807) is 24.3 Å². The van der Waals surface area contributed by atoms with Crippen LogP contribution in [0.3, 0.4) is 0 Å². The first-order valence-corrected chi connectivity index (χ1v) is 9.46. The van der Waals surface area contributed by atoms with E-state index < -0.39 is 18.2 Å². The molecular weight excluding hydrogens is 482 g/mol. The smallest absolute Gasteiger partial charge is 0.412 e. The quantitative estimate of drug-likeness (QED) is 0.454. The first kappa shape index (κ1) is 21.0. The van der Waals surface area contributed by atoms with E-state index in [0.717, 1.165) is 11.6 Å². The summed E-state index contributed by atoms with van der Waals surface area (Å²) in [5.41, 5.74) is 1.95. The zero-order valence-electron chi connectivity index (χ0n) is 14.3. The highest BCUT2D eigenvalue weighted by Crippen LogP contribution is 2.38. The summed E-state index contributed by atoms with van der Waals surface area (Å²) in [4.78, 5) is 23.0. The minimum absolute atomic E-state index is 0.0735. The number of amides is 1. The van der Waals surface area contributed by atoms with Gasteiger partial charge in [-0.3, -0.25) is 5.32 Å². The Bertz CT molecular complexity index is 865. The molecule has 0 spiro atoms. The summed E-state index contributed by atoms with van der Waals surface area (Å²) < 4.78 is 6.53. The van der Waals surface area contributed by atoms with Crippen molar-refractivity contribution in [3.63, 3.8) is 0 Å². The van der Waals surface area contributed by atoms with Crippen molar-refractivity contribution in [2.24, 2.45) is 0 Å². The van der Waals surface area contributed by atoms with Crippen molar-refractivity contribution in [1.82, 2.24) is 0 Å². The van der Waals surface area contributed by atoms with E-state index >= 15 is 0 Å². The summed E-state index contributed by atoms with van der Waals surface area (Å²) in [5.74, 6) is -1.20. The van der Waals surface area contributed by atoms with Gasteiger partial charge < -0.3 is 14.9 Å². The number of benzene rings is 2. The monoisotopic (exact) mass is 497 g/mol. The van der Waals surface area contributed by atoms with Crippen molar-refractivity contribution in [3.8, 4) is 5.75 Å². The molecule has 1 amide bonds. The second-order valence-electron chi connectivity index (χ2n) is 5.69. The molecule has 8 heteroatoms. The van der Waals surface area contributed by atoms with Crippen LogP contribution < -0.4 is 5.32 Å². The second-order valence-corrected chi connectivity index (χ2v) is 7.46. The predicted octanol–water partition coefficient (Wildman–Crippen LogP) is 5.55. The van der Waals surface area contributed by atoms with Crippen LogP contribution >= 0.6 is 31.9 Å².